The molecule has 1 saturated carbocycles. The molecule has 2 aromatic rings. The normalized spacial score (nSPS) is 21.6. The molecule has 0 unspecified atom stereocenters. The molecule has 3 rings (SSSR count). The van der Waals surface area contributed by atoms with E-state index in [4.69, 9.17) is 22.9 Å². The van der Waals surface area contributed by atoms with E-state index in [2.05, 4.69) is 58.5 Å². The van der Waals surface area contributed by atoms with Gasteiger partial charge >= 0.3 is 0 Å². The fourth-order valence-corrected chi connectivity index (χ4v) is 5.37. The quantitative estimate of drug-likeness (QED) is 0.351. The van der Waals surface area contributed by atoms with Crippen molar-refractivity contribution < 1.29 is 9.53 Å². The molecule has 1 aliphatic carbocycles. The summed E-state index contributed by atoms with van der Waals surface area (Å²) < 4.78 is 6.32. The molecule has 0 heterocycles. The summed E-state index contributed by atoms with van der Waals surface area (Å²) in [6.45, 7) is 20.1. The maximum Gasteiger partial charge on any atom is 0.205 e. The highest BCUT2D eigenvalue weighted by Crippen LogP contribution is 2.61. The lowest BCUT2D eigenvalue weighted by Crippen LogP contribution is -2.66. The maximum atomic E-state index is 13.0. The van der Waals surface area contributed by atoms with Crippen LogP contribution in [0.15, 0.2) is 42.5 Å². The van der Waals surface area contributed by atoms with E-state index in [1.807, 2.05) is 12.1 Å². The number of carbonyl (C=O) groups is 1. The number of ether oxygens (including phenoxy) is 1. The Morgan fingerprint density at radius 1 is 1.10 bits per heavy atom. The first-order valence-corrected chi connectivity index (χ1v) is 10.8. The van der Waals surface area contributed by atoms with Gasteiger partial charge in [0.25, 0.3) is 0 Å². The molecule has 30 heavy (non-hydrogen) atoms. The van der Waals surface area contributed by atoms with E-state index in [-0.39, 0.29) is 28.6 Å². The highest BCUT2D eigenvalue weighted by atomic mass is 35.5. The Labute approximate surface area is 185 Å². The number of hydrogen-bond donors (Lipinski definition) is 0. The van der Waals surface area contributed by atoms with Crippen LogP contribution in [0.3, 0.4) is 0 Å². The fourth-order valence-electron chi connectivity index (χ4n) is 5.16. The molecule has 3 nitrogen and oxygen atoms in total. The highest BCUT2D eigenvalue weighted by Gasteiger charge is 2.63. The van der Waals surface area contributed by atoms with Crippen LogP contribution in [0.4, 0.5) is 5.69 Å². The summed E-state index contributed by atoms with van der Waals surface area (Å²) in [6.07, 6.45) is 0.444. The molecule has 0 radical (unpaired) electrons. The lowest BCUT2D eigenvalue weighted by atomic mass is 9.44. The van der Waals surface area contributed by atoms with Crippen molar-refractivity contribution in [2.45, 2.75) is 60.0 Å². The van der Waals surface area contributed by atoms with Gasteiger partial charge in [0.1, 0.15) is 11.9 Å². The molecular formula is C26H30ClNO2. The summed E-state index contributed by atoms with van der Waals surface area (Å²) in [5, 5.41) is 0.397. The molecule has 2 aromatic carbocycles. The van der Waals surface area contributed by atoms with Crippen molar-refractivity contribution >= 4 is 23.1 Å². The van der Waals surface area contributed by atoms with Crippen molar-refractivity contribution in [1.29, 1.82) is 0 Å². The lowest BCUT2D eigenvalue weighted by molar-refractivity contribution is -0.196. The molecule has 0 N–H and O–H groups in total. The number of ketones is 1. The number of carbonyl (C=O) groups excluding carboxylic acids is 1. The monoisotopic (exact) mass is 423 g/mol. The Hall–Kier alpha value is -2.31. The summed E-state index contributed by atoms with van der Waals surface area (Å²) in [5.74, 6) is 1.49. The summed E-state index contributed by atoms with van der Waals surface area (Å²) >= 11 is 6.17. The van der Waals surface area contributed by atoms with Crippen LogP contribution in [-0.4, -0.2) is 11.9 Å². The van der Waals surface area contributed by atoms with E-state index in [0.717, 1.165) is 5.56 Å². The van der Waals surface area contributed by atoms with Gasteiger partial charge in [-0.25, -0.2) is 4.85 Å². The third-order valence-corrected chi connectivity index (χ3v) is 7.03. The molecule has 1 fully saturated rings. The summed E-state index contributed by atoms with van der Waals surface area (Å²) in [5.41, 5.74) is 2.11. The van der Waals surface area contributed by atoms with E-state index < -0.39 is 0 Å². The zero-order valence-electron chi connectivity index (χ0n) is 18.6. The van der Waals surface area contributed by atoms with Gasteiger partial charge in [0, 0.05) is 22.8 Å². The smallest absolute Gasteiger partial charge is 0.205 e. The number of hydrogen-bond acceptors (Lipinski definition) is 2. The predicted molar refractivity (Wildman–Crippen MR) is 123 cm³/mol. The topological polar surface area (TPSA) is 30.7 Å². The summed E-state index contributed by atoms with van der Waals surface area (Å²) in [6, 6.07) is 13.2. The van der Waals surface area contributed by atoms with Crippen LogP contribution < -0.4 is 4.74 Å². The van der Waals surface area contributed by atoms with E-state index in [0.29, 0.717) is 28.8 Å². The molecule has 4 heteroatoms. The second kappa shape index (κ2) is 8.08. The zero-order chi connectivity index (χ0) is 22.3. The molecule has 0 saturated heterocycles. The van der Waals surface area contributed by atoms with Gasteiger partial charge < -0.3 is 4.74 Å². The maximum absolute atomic E-state index is 13.0. The van der Waals surface area contributed by atoms with Gasteiger partial charge in [0.05, 0.1) is 11.6 Å². The molecule has 158 valence electrons. The highest BCUT2D eigenvalue weighted by molar-refractivity contribution is 6.33. The van der Waals surface area contributed by atoms with E-state index in [9.17, 15) is 4.79 Å². The van der Waals surface area contributed by atoms with Gasteiger partial charge in [0.15, 0.2) is 5.78 Å². The number of halogens is 1. The fraction of sp³-hybridized carbons (Fsp3) is 0.462. The first kappa shape index (κ1) is 22.4. The van der Waals surface area contributed by atoms with Gasteiger partial charge in [-0.1, -0.05) is 83.5 Å². The van der Waals surface area contributed by atoms with Gasteiger partial charge in [-0.05, 0) is 29.5 Å². The third kappa shape index (κ3) is 3.98. The first-order chi connectivity index (χ1) is 14.0. The van der Waals surface area contributed by atoms with Crippen molar-refractivity contribution in [3.05, 3.63) is 70.0 Å². The van der Waals surface area contributed by atoms with Gasteiger partial charge in [-0.15, -0.1) is 0 Å². The predicted octanol–water partition coefficient (Wildman–Crippen LogP) is 7.72. The van der Waals surface area contributed by atoms with Gasteiger partial charge in [-0.2, -0.15) is 0 Å². The van der Waals surface area contributed by atoms with Crippen molar-refractivity contribution in [2.75, 3.05) is 0 Å². The molecule has 1 aliphatic rings. The minimum atomic E-state index is -0.165. The minimum Gasteiger partial charge on any atom is -0.489 e. The SMILES string of the molecule is [C-]#[N+]c1ccc(OC2C(C)(C)C(CC(=O)c3ccc(C(C)C)cc3)C2(C)C)cc1Cl. The second-order valence-corrected chi connectivity index (χ2v) is 10.2. The number of rotatable bonds is 6. The van der Waals surface area contributed by atoms with Crippen LogP contribution in [0.5, 0.6) is 5.75 Å². The van der Waals surface area contributed by atoms with Crippen molar-refractivity contribution in [3.63, 3.8) is 0 Å². The number of benzene rings is 2. The van der Waals surface area contributed by atoms with Crippen LogP contribution >= 0.6 is 11.6 Å². The zero-order valence-corrected chi connectivity index (χ0v) is 19.4. The molecule has 0 spiro atoms. The lowest BCUT2D eigenvalue weighted by Gasteiger charge is -2.63. The Morgan fingerprint density at radius 2 is 1.70 bits per heavy atom. The van der Waals surface area contributed by atoms with Crippen LogP contribution in [0.2, 0.25) is 5.02 Å². The average molecular weight is 424 g/mol. The standard InChI is InChI=1S/C26H30ClNO2/c1-16(2)17-8-10-18(11-9-17)22(29)15-23-25(3,4)24(26(23,5)6)30-19-12-13-21(28-7)20(27)14-19/h8-14,16,23-24H,15H2,1-6H3. The summed E-state index contributed by atoms with van der Waals surface area (Å²) in [4.78, 5) is 16.4. The van der Waals surface area contributed by atoms with Crippen molar-refractivity contribution in [3.8, 4) is 5.75 Å². The largest absolute Gasteiger partial charge is 0.489 e. The van der Waals surface area contributed by atoms with E-state index in [1.54, 1.807) is 18.2 Å². The van der Waals surface area contributed by atoms with Crippen molar-refractivity contribution in [2.24, 2.45) is 16.7 Å². The van der Waals surface area contributed by atoms with Crippen LogP contribution in [0.25, 0.3) is 4.85 Å². The van der Waals surface area contributed by atoms with Crippen LogP contribution in [0.1, 0.15) is 69.8 Å². The molecule has 0 atom stereocenters. The number of nitrogens with zero attached hydrogens (tertiary/aromatic N) is 1. The van der Waals surface area contributed by atoms with Crippen LogP contribution in [0, 0.1) is 23.3 Å². The second-order valence-electron chi connectivity index (χ2n) is 9.82. The van der Waals surface area contributed by atoms with E-state index >= 15 is 0 Å². The Bertz CT molecular complexity index is 967. The minimum absolute atomic E-state index is 0.0547. The number of Topliss-reactive ketones (excluding diaryl/α,β-unsaturated/α-hetero) is 1. The Balaban J connectivity index is 1.74. The first-order valence-electron chi connectivity index (χ1n) is 10.4. The van der Waals surface area contributed by atoms with E-state index in [1.165, 1.54) is 5.56 Å². The molecular weight excluding hydrogens is 394 g/mol. The molecule has 0 aromatic heterocycles. The molecule has 0 amide bonds. The molecule has 0 aliphatic heterocycles. The molecule has 0 bridgehead atoms. The Kier molecular flexibility index (Phi) is 6.03. The van der Waals surface area contributed by atoms with Crippen LogP contribution in [-0.2, 0) is 0 Å². The average Bonchev–Trinajstić information content (AvgIpc) is 2.69. The van der Waals surface area contributed by atoms with Crippen molar-refractivity contribution in [1.82, 2.24) is 0 Å². The Morgan fingerprint density at radius 3 is 2.20 bits per heavy atom. The van der Waals surface area contributed by atoms with Gasteiger partial charge in [0.2, 0.25) is 5.69 Å². The third-order valence-electron chi connectivity index (χ3n) is 6.73. The summed E-state index contributed by atoms with van der Waals surface area (Å²) in [7, 11) is 0. The van der Waals surface area contributed by atoms with Gasteiger partial charge in [-0.3, -0.25) is 4.79 Å².